The molecule has 0 aliphatic carbocycles. The highest BCUT2D eigenvalue weighted by molar-refractivity contribution is 6.33. The van der Waals surface area contributed by atoms with Gasteiger partial charge in [-0.1, -0.05) is 29.8 Å². The fourth-order valence-corrected chi connectivity index (χ4v) is 3.72. The van der Waals surface area contributed by atoms with Crippen molar-refractivity contribution < 1.29 is 0 Å². The van der Waals surface area contributed by atoms with Crippen LogP contribution >= 0.6 is 11.6 Å². The highest BCUT2D eigenvalue weighted by Crippen LogP contribution is 2.24. The van der Waals surface area contributed by atoms with Crippen LogP contribution in [0.25, 0.3) is 10.9 Å². The third-order valence-corrected chi connectivity index (χ3v) is 5.26. The Hall–Kier alpha value is -2.38. The van der Waals surface area contributed by atoms with E-state index in [0.29, 0.717) is 5.69 Å². The summed E-state index contributed by atoms with van der Waals surface area (Å²) in [5.41, 5.74) is 2.66. The van der Waals surface area contributed by atoms with Gasteiger partial charge in [-0.3, -0.25) is 14.4 Å². The Morgan fingerprint density at radius 3 is 2.73 bits per heavy atom. The zero-order chi connectivity index (χ0) is 18.1. The van der Waals surface area contributed by atoms with E-state index in [1.807, 2.05) is 0 Å². The number of aromatic amines is 1. The van der Waals surface area contributed by atoms with E-state index < -0.39 is 0 Å². The van der Waals surface area contributed by atoms with Gasteiger partial charge in [-0.05, 0) is 13.0 Å². The summed E-state index contributed by atoms with van der Waals surface area (Å²) in [4.78, 5) is 16.1. The molecule has 0 radical (unpaired) electrons. The number of fused-ring (bicyclic) bond motifs is 1. The van der Waals surface area contributed by atoms with Crippen molar-refractivity contribution in [1.29, 1.82) is 0 Å². The molecule has 0 bridgehead atoms. The van der Waals surface area contributed by atoms with Crippen LogP contribution in [0.3, 0.4) is 0 Å². The molecule has 4 rings (SSSR count). The number of aromatic nitrogens is 4. The van der Waals surface area contributed by atoms with E-state index in [0.717, 1.165) is 45.0 Å². The molecule has 136 valence electrons. The standard InChI is InChI=1S/C18H21ClN6O/c1-2-25-15-6-4-3-5-13(15)14(22-25)12-23-7-9-24(10-8-23)16-11-20-21-18(26)17(16)19/h3-6,11H,2,7-10,12H2,1H3,(H,21,26). The second-order valence-electron chi connectivity index (χ2n) is 6.44. The van der Waals surface area contributed by atoms with Crippen molar-refractivity contribution in [1.82, 2.24) is 24.9 Å². The normalized spacial score (nSPS) is 15.7. The van der Waals surface area contributed by atoms with Gasteiger partial charge in [-0.25, -0.2) is 5.10 Å². The first-order valence-corrected chi connectivity index (χ1v) is 9.20. The molecule has 7 nitrogen and oxygen atoms in total. The van der Waals surface area contributed by atoms with Gasteiger partial charge in [-0.2, -0.15) is 10.2 Å². The number of hydrogen-bond donors (Lipinski definition) is 1. The molecule has 0 amide bonds. The van der Waals surface area contributed by atoms with Crippen LogP contribution in [0.15, 0.2) is 35.3 Å². The number of aryl methyl sites for hydroxylation is 1. The van der Waals surface area contributed by atoms with Gasteiger partial charge in [0, 0.05) is 44.7 Å². The lowest BCUT2D eigenvalue weighted by atomic mass is 10.2. The van der Waals surface area contributed by atoms with Crippen LogP contribution in [0.4, 0.5) is 5.69 Å². The molecular weight excluding hydrogens is 352 g/mol. The maximum absolute atomic E-state index is 11.6. The van der Waals surface area contributed by atoms with Crippen LogP contribution in [0.5, 0.6) is 0 Å². The van der Waals surface area contributed by atoms with Gasteiger partial charge in [0.25, 0.3) is 5.56 Å². The van der Waals surface area contributed by atoms with E-state index in [9.17, 15) is 4.79 Å². The molecule has 0 atom stereocenters. The molecule has 1 aliphatic heterocycles. The lowest BCUT2D eigenvalue weighted by Gasteiger charge is -2.35. The van der Waals surface area contributed by atoms with Gasteiger partial charge in [0.15, 0.2) is 0 Å². The molecule has 26 heavy (non-hydrogen) atoms. The minimum absolute atomic E-state index is 0.209. The first kappa shape index (κ1) is 17.1. The number of hydrogen-bond acceptors (Lipinski definition) is 5. The number of halogens is 1. The summed E-state index contributed by atoms with van der Waals surface area (Å²) in [5, 5.41) is 12.4. The molecule has 2 aromatic heterocycles. The summed E-state index contributed by atoms with van der Waals surface area (Å²) >= 11 is 6.13. The zero-order valence-corrected chi connectivity index (χ0v) is 15.4. The smallest absolute Gasteiger partial charge is 0.285 e. The van der Waals surface area contributed by atoms with Crippen molar-refractivity contribution >= 4 is 28.2 Å². The van der Waals surface area contributed by atoms with Crippen molar-refractivity contribution in [3.8, 4) is 0 Å². The van der Waals surface area contributed by atoms with Gasteiger partial charge in [-0.15, -0.1) is 0 Å². The fourth-order valence-electron chi connectivity index (χ4n) is 3.51. The fraction of sp³-hybridized carbons (Fsp3) is 0.389. The molecule has 1 N–H and O–H groups in total. The Labute approximate surface area is 156 Å². The maximum atomic E-state index is 11.6. The van der Waals surface area contributed by atoms with Gasteiger partial charge in [0.2, 0.25) is 0 Å². The quantitative estimate of drug-likeness (QED) is 0.759. The Balaban J connectivity index is 1.48. The molecule has 8 heteroatoms. The van der Waals surface area contributed by atoms with Crippen molar-refractivity contribution in [2.45, 2.75) is 20.0 Å². The Kier molecular flexibility index (Phi) is 4.65. The number of anilines is 1. The predicted molar refractivity (Wildman–Crippen MR) is 103 cm³/mol. The average molecular weight is 373 g/mol. The van der Waals surface area contributed by atoms with Crippen molar-refractivity contribution in [2.24, 2.45) is 0 Å². The SMILES string of the molecule is CCn1nc(CN2CCN(c3cn[nH]c(=O)c3Cl)CC2)c2ccccc21. The number of H-pyrrole nitrogens is 1. The summed E-state index contributed by atoms with van der Waals surface area (Å²) in [6, 6.07) is 8.38. The van der Waals surface area contributed by atoms with Crippen LogP contribution in [-0.4, -0.2) is 51.1 Å². The van der Waals surface area contributed by atoms with Crippen molar-refractivity contribution in [3.63, 3.8) is 0 Å². The predicted octanol–water partition coefficient (Wildman–Crippen LogP) is 2.12. The first-order chi connectivity index (χ1) is 12.7. The molecule has 0 saturated carbocycles. The van der Waals surface area contributed by atoms with Gasteiger partial charge >= 0.3 is 0 Å². The molecule has 1 aliphatic rings. The van der Waals surface area contributed by atoms with E-state index in [2.05, 4.69) is 55.9 Å². The minimum Gasteiger partial charge on any atom is -0.366 e. The van der Waals surface area contributed by atoms with Crippen LogP contribution in [0.2, 0.25) is 5.02 Å². The van der Waals surface area contributed by atoms with Crippen molar-refractivity contribution in [3.05, 3.63) is 51.5 Å². The summed E-state index contributed by atoms with van der Waals surface area (Å²) in [6.07, 6.45) is 1.62. The lowest BCUT2D eigenvalue weighted by Crippen LogP contribution is -2.46. The zero-order valence-electron chi connectivity index (χ0n) is 14.7. The van der Waals surface area contributed by atoms with Gasteiger partial charge in [0.1, 0.15) is 5.02 Å². The lowest BCUT2D eigenvalue weighted by molar-refractivity contribution is 0.247. The number of nitrogens with one attached hydrogen (secondary N) is 1. The molecule has 0 unspecified atom stereocenters. The summed E-state index contributed by atoms with van der Waals surface area (Å²) in [5.74, 6) is 0. The maximum Gasteiger partial charge on any atom is 0.285 e. The highest BCUT2D eigenvalue weighted by Gasteiger charge is 2.22. The van der Waals surface area contributed by atoms with E-state index in [1.165, 1.54) is 10.9 Å². The monoisotopic (exact) mass is 372 g/mol. The second kappa shape index (κ2) is 7.09. The topological polar surface area (TPSA) is 70.1 Å². The largest absolute Gasteiger partial charge is 0.366 e. The third-order valence-electron chi connectivity index (χ3n) is 4.90. The molecular formula is C18H21ClN6O. The summed E-state index contributed by atoms with van der Waals surface area (Å²) in [7, 11) is 0. The Bertz CT molecular complexity index is 973. The molecule has 1 saturated heterocycles. The van der Waals surface area contributed by atoms with Gasteiger partial charge in [0.05, 0.1) is 23.1 Å². The first-order valence-electron chi connectivity index (χ1n) is 8.82. The van der Waals surface area contributed by atoms with Crippen LogP contribution in [-0.2, 0) is 13.1 Å². The van der Waals surface area contributed by atoms with E-state index in [-0.39, 0.29) is 10.6 Å². The van der Waals surface area contributed by atoms with Crippen molar-refractivity contribution in [2.75, 3.05) is 31.1 Å². The summed E-state index contributed by atoms with van der Waals surface area (Å²) < 4.78 is 2.06. The van der Waals surface area contributed by atoms with Gasteiger partial charge < -0.3 is 4.90 Å². The minimum atomic E-state index is -0.344. The Morgan fingerprint density at radius 2 is 1.96 bits per heavy atom. The average Bonchev–Trinajstić information content (AvgIpc) is 3.03. The molecule has 1 aromatic carbocycles. The number of benzene rings is 1. The Morgan fingerprint density at radius 1 is 1.19 bits per heavy atom. The van der Waals surface area contributed by atoms with E-state index in [4.69, 9.17) is 16.7 Å². The van der Waals surface area contributed by atoms with Crippen LogP contribution in [0, 0.1) is 0 Å². The third kappa shape index (κ3) is 3.08. The highest BCUT2D eigenvalue weighted by atomic mass is 35.5. The number of piperazine rings is 1. The van der Waals surface area contributed by atoms with Crippen LogP contribution in [0.1, 0.15) is 12.6 Å². The number of rotatable bonds is 4. The summed E-state index contributed by atoms with van der Waals surface area (Å²) in [6.45, 7) is 7.17. The van der Waals surface area contributed by atoms with E-state index >= 15 is 0 Å². The second-order valence-corrected chi connectivity index (χ2v) is 6.82. The molecule has 3 heterocycles. The van der Waals surface area contributed by atoms with Crippen LogP contribution < -0.4 is 10.5 Å². The number of para-hydroxylation sites is 1. The number of nitrogens with zero attached hydrogens (tertiary/aromatic N) is 5. The molecule has 1 fully saturated rings. The van der Waals surface area contributed by atoms with E-state index in [1.54, 1.807) is 6.20 Å². The molecule has 0 spiro atoms. The molecule has 3 aromatic rings.